The number of rotatable bonds is 2. The summed E-state index contributed by atoms with van der Waals surface area (Å²) in [5, 5.41) is 9.06. The van der Waals surface area contributed by atoms with Crippen LogP contribution in [0, 0.1) is 0 Å². The van der Waals surface area contributed by atoms with E-state index in [0.29, 0.717) is 0 Å². The highest BCUT2D eigenvalue weighted by atomic mass is 16.5. The Morgan fingerprint density at radius 2 is 2.00 bits per heavy atom. The molecule has 0 aromatic heterocycles. The molecule has 0 bridgehead atoms. The highest BCUT2D eigenvalue weighted by molar-refractivity contribution is 4.80. The van der Waals surface area contributed by atoms with Crippen molar-refractivity contribution in [3.8, 4) is 0 Å². The van der Waals surface area contributed by atoms with Gasteiger partial charge in [-0.3, -0.25) is 4.90 Å². The molecular formula is C11H21NO2. The van der Waals surface area contributed by atoms with E-state index in [2.05, 4.69) is 4.90 Å². The predicted molar refractivity (Wildman–Crippen MR) is 55.3 cm³/mol. The Balaban J connectivity index is 1.83. The molecule has 1 atom stereocenters. The number of nitrogens with zero attached hydrogens (tertiary/aromatic N) is 1. The maximum absolute atomic E-state index is 9.06. The number of ether oxygens (including phenoxy) is 1. The molecule has 2 rings (SSSR count). The van der Waals surface area contributed by atoms with Gasteiger partial charge >= 0.3 is 0 Å². The molecule has 0 amide bonds. The fraction of sp³-hybridized carbons (Fsp3) is 1.00. The smallest absolute Gasteiger partial charge is 0.0932 e. The van der Waals surface area contributed by atoms with E-state index in [4.69, 9.17) is 9.84 Å². The summed E-state index contributed by atoms with van der Waals surface area (Å²) in [6, 6.07) is 0.765. The van der Waals surface area contributed by atoms with Crippen LogP contribution in [0.25, 0.3) is 0 Å². The van der Waals surface area contributed by atoms with Crippen molar-refractivity contribution in [1.29, 1.82) is 0 Å². The average Bonchev–Trinajstić information content (AvgIpc) is 2.30. The van der Waals surface area contributed by atoms with Crippen LogP contribution in [-0.2, 0) is 4.74 Å². The van der Waals surface area contributed by atoms with Gasteiger partial charge in [-0.15, -0.1) is 0 Å². The third kappa shape index (κ3) is 2.47. The molecule has 0 spiro atoms. The second kappa shape index (κ2) is 5.10. The van der Waals surface area contributed by atoms with Gasteiger partial charge in [0.25, 0.3) is 0 Å². The largest absolute Gasteiger partial charge is 0.394 e. The lowest BCUT2D eigenvalue weighted by molar-refractivity contribution is -0.0684. The van der Waals surface area contributed by atoms with E-state index in [1.54, 1.807) is 0 Å². The van der Waals surface area contributed by atoms with Gasteiger partial charge in [0.1, 0.15) is 0 Å². The Labute approximate surface area is 86.0 Å². The predicted octanol–water partition coefficient (Wildman–Crippen LogP) is 1.01. The van der Waals surface area contributed by atoms with Gasteiger partial charge in [-0.25, -0.2) is 0 Å². The first kappa shape index (κ1) is 10.4. The Kier molecular flexibility index (Phi) is 3.79. The summed E-state index contributed by atoms with van der Waals surface area (Å²) in [6.45, 7) is 2.95. The van der Waals surface area contributed by atoms with Crippen molar-refractivity contribution in [2.45, 2.75) is 44.2 Å². The zero-order valence-corrected chi connectivity index (χ0v) is 8.82. The monoisotopic (exact) mass is 199 g/mol. The SMILES string of the molecule is OCC1CN(C2CCCCC2)CCO1. The molecule has 0 aromatic carbocycles. The molecule has 1 aliphatic carbocycles. The number of hydrogen-bond acceptors (Lipinski definition) is 3. The molecule has 1 aliphatic heterocycles. The van der Waals surface area contributed by atoms with E-state index in [9.17, 15) is 0 Å². The van der Waals surface area contributed by atoms with Crippen molar-refractivity contribution >= 4 is 0 Å². The first-order valence-electron chi connectivity index (χ1n) is 5.86. The maximum atomic E-state index is 9.06. The van der Waals surface area contributed by atoms with Gasteiger partial charge in [0.2, 0.25) is 0 Å². The van der Waals surface area contributed by atoms with Gasteiger partial charge in [-0.05, 0) is 12.8 Å². The lowest BCUT2D eigenvalue weighted by Gasteiger charge is -2.39. The van der Waals surface area contributed by atoms with Crippen molar-refractivity contribution in [3.05, 3.63) is 0 Å². The number of aliphatic hydroxyl groups is 1. The minimum absolute atomic E-state index is 0.0608. The zero-order valence-electron chi connectivity index (χ0n) is 8.82. The third-order valence-electron chi connectivity index (χ3n) is 3.46. The van der Waals surface area contributed by atoms with E-state index in [1.165, 1.54) is 32.1 Å². The summed E-state index contributed by atoms with van der Waals surface area (Å²) in [5.41, 5.74) is 0. The van der Waals surface area contributed by atoms with E-state index < -0.39 is 0 Å². The molecule has 0 aromatic rings. The van der Waals surface area contributed by atoms with Crippen LogP contribution in [0.1, 0.15) is 32.1 Å². The van der Waals surface area contributed by atoms with Gasteiger partial charge < -0.3 is 9.84 Å². The minimum Gasteiger partial charge on any atom is -0.394 e. The second-order valence-corrected chi connectivity index (χ2v) is 4.46. The van der Waals surface area contributed by atoms with Crippen molar-refractivity contribution in [2.75, 3.05) is 26.3 Å². The summed E-state index contributed by atoms with van der Waals surface area (Å²) in [4.78, 5) is 2.52. The summed E-state index contributed by atoms with van der Waals surface area (Å²) >= 11 is 0. The summed E-state index contributed by atoms with van der Waals surface area (Å²) in [5.74, 6) is 0. The summed E-state index contributed by atoms with van der Waals surface area (Å²) in [6.07, 6.45) is 6.92. The molecule has 1 unspecified atom stereocenters. The Hall–Kier alpha value is -0.120. The lowest BCUT2D eigenvalue weighted by atomic mass is 9.94. The fourth-order valence-electron chi connectivity index (χ4n) is 2.63. The van der Waals surface area contributed by atoms with Crippen LogP contribution in [0.5, 0.6) is 0 Å². The van der Waals surface area contributed by atoms with Crippen LogP contribution in [0.2, 0.25) is 0 Å². The fourth-order valence-corrected chi connectivity index (χ4v) is 2.63. The third-order valence-corrected chi connectivity index (χ3v) is 3.46. The van der Waals surface area contributed by atoms with Gasteiger partial charge in [0, 0.05) is 19.1 Å². The summed E-state index contributed by atoms with van der Waals surface area (Å²) < 4.78 is 5.46. The number of morpholine rings is 1. The molecule has 1 N–H and O–H groups in total. The molecule has 1 saturated carbocycles. The normalized spacial score (nSPS) is 31.9. The topological polar surface area (TPSA) is 32.7 Å². The van der Waals surface area contributed by atoms with Gasteiger partial charge in [-0.1, -0.05) is 19.3 Å². The summed E-state index contributed by atoms with van der Waals surface area (Å²) in [7, 11) is 0. The molecule has 0 radical (unpaired) electrons. The van der Waals surface area contributed by atoms with Crippen LogP contribution in [0.4, 0.5) is 0 Å². The first-order chi connectivity index (χ1) is 6.90. The molecule has 1 heterocycles. The molecule has 1 saturated heterocycles. The van der Waals surface area contributed by atoms with Crippen LogP contribution in [0.3, 0.4) is 0 Å². The van der Waals surface area contributed by atoms with Crippen molar-refractivity contribution in [3.63, 3.8) is 0 Å². The molecule has 82 valence electrons. The van der Waals surface area contributed by atoms with Crippen molar-refractivity contribution in [1.82, 2.24) is 4.90 Å². The van der Waals surface area contributed by atoms with Crippen molar-refractivity contribution in [2.24, 2.45) is 0 Å². The highest BCUT2D eigenvalue weighted by Gasteiger charge is 2.26. The Morgan fingerprint density at radius 1 is 1.21 bits per heavy atom. The van der Waals surface area contributed by atoms with Gasteiger partial charge in [0.05, 0.1) is 19.3 Å². The van der Waals surface area contributed by atoms with Crippen LogP contribution >= 0.6 is 0 Å². The van der Waals surface area contributed by atoms with E-state index >= 15 is 0 Å². The van der Waals surface area contributed by atoms with E-state index in [-0.39, 0.29) is 12.7 Å². The average molecular weight is 199 g/mol. The van der Waals surface area contributed by atoms with E-state index in [0.717, 1.165) is 25.7 Å². The second-order valence-electron chi connectivity index (χ2n) is 4.46. The molecular weight excluding hydrogens is 178 g/mol. The number of aliphatic hydroxyl groups excluding tert-OH is 1. The molecule has 2 fully saturated rings. The first-order valence-corrected chi connectivity index (χ1v) is 5.86. The number of hydrogen-bond donors (Lipinski definition) is 1. The van der Waals surface area contributed by atoms with E-state index in [1.807, 2.05) is 0 Å². The standard InChI is InChI=1S/C11H21NO2/c13-9-11-8-12(6-7-14-11)10-4-2-1-3-5-10/h10-11,13H,1-9H2. The van der Waals surface area contributed by atoms with Crippen molar-refractivity contribution < 1.29 is 9.84 Å². The Bertz CT molecular complexity index is 169. The Morgan fingerprint density at radius 3 is 2.71 bits per heavy atom. The molecule has 3 nitrogen and oxygen atoms in total. The van der Waals surface area contributed by atoms with Crippen LogP contribution < -0.4 is 0 Å². The van der Waals surface area contributed by atoms with Gasteiger partial charge in [-0.2, -0.15) is 0 Å². The van der Waals surface area contributed by atoms with Gasteiger partial charge in [0.15, 0.2) is 0 Å². The zero-order chi connectivity index (χ0) is 9.80. The lowest BCUT2D eigenvalue weighted by Crippen LogP contribution is -2.49. The molecule has 3 heteroatoms. The molecule has 14 heavy (non-hydrogen) atoms. The quantitative estimate of drug-likeness (QED) is 0.720. The minimum atomic E-state index is 0.0608. The maximum Gasteiger partial charge on any atom is 0.0932 e. The molecule has 2 aliphatic rings. The van der Waals surface area contributed by atoms with Crippen LogP contribution in [-0.4, -0.2) is 48.5 Å². The highest BCUT2D eigenvalue weighted by Crippen LogP contribution is 2.23. The van der Waals surface area contributed by atoms with Crippen LogP contribution in [0.15, 0.2) is 0 Å².